The molecule has 3 aliphatic rings. The maximum absolute atomic E-state index is 2.64. The number of hydrogen-bond donors (Lipinski definition) is 0. The van der Waals surface area contributed by atoms with Crippen LogP contribution in [0, 0.1) is 5.41 Å². The first-order valence-corrected chi connectivity index (χ1v) is 13.2. The molecule has 0 spiro atoms. The van der Waals surface area contributed by atoms with Crippen LogP contribution in [-0.2, 0) is 19.2 Å². The Morgan fingerprint density at radius 2 is 1.58 bits per heavy atom. The Kier molecular flexibility index (Phi) is 7.14. The number of allylic oxidation sites excluding steroid dienone is 8. The first-order chi connectivity index (χ1) is 10.2. The molecule has 0 bridgehead atoms. The second-order valence-electron chi connectivity index (χ2n) is 8.39. The zero-order chi connectivity index (χ0) is 16.3. The second-order valence-corrected chi connectivity index (χ2v) is 15.0. The summed E-state index contributed by atoms with van der Waals surface area (Å²) in [6, 6.07) is 3.08. The van der Waals surface area contributed by atoms with Crippen molar-refractivity contribution in [3.63, 3.8) is 0 Å². The molecular formula is C20H30Cl2SiTi. The van der Waals surface area contributed by atoms with E-state index in [1.54, 1.807) is 34.4 Å². The number of halogens is 2. The first kappa shape index (κ1) is 22.5. The molecule has 0 amide bonds. The van der Waals surface area contributed by atoms with Crippen LogP contribution in [0.5, 0.6) is 0 Å². The van der Waals surface area contributed by atoms with Crippen molar-refractivity contribution < 1.29 is 44.0 Å². The largest absolute Gasteiger partial charge is 1.00 e. The third-order valence-electron chi connectivity index (χ3n) is 6.73. The molecule has 0 aromatic heterocycles. The van der Waals surface area contributed by atoms with E-state index in [4.69, 9.17) is 0 Å². The topological polar surface area (TPSA) is 0 Å². The van der Waals surface area contributed by atoms with Gasteiger partial charge in [-0.2, -0.15) is 0 Å². The molecule has 0 unspecified atom stereocenters. The normalized spacial score (nSPS) is 24.2. The van der Waals surface area contributed by atoms with E-state index >= 15 is 0 Å². The summed E-state index contributed by atoms with van der Waals surface area (Å²) in [5.74, 6) is 0. The van der Waals surface area contributed by atoms with Crippen LogP contribution >= 0.6 is 0 Å². The van der Waals surface area contributed by atoms with Crippen molar-refractivity contribution in [3.8, 4) is 0 Å². The minimum Gasteiger partial charge on any atom is -1.00 e. The van der Waals surface area contributed by atoms with Crippen molar-refractivity contribution in [2.75, 3.05) is 0 Å². The Labute approximate surface area is 171 Å². The second kappa shape index (κ2) is 7.61. The van der Waals surface area contributed by atoms with Crippen LogP contribution in [0.1, 0.15) is 54.4 Å². The predicted molar refractivity (Wildman–Crippen MR) is 96.1 cm³/mol. The summed E-state index contributed by atoms with van der Waals surface area (Å²) in [5, 5.41) is 1.88. The van der Waals surface area contributed by atoms with Crippen LogP contribution in [0.2, 0.25) is 18.6 Å². The zero-order valence-corrected chi connectivity index (χ0v) is 20.2. The van der Waals surface area contributed by atoms with Crippen LogP contribution < -0.4 is 24.8 Å². The maximum atomic E-state index is 2.64. The van der Waals surface area contributed by atoms with Crippen molar-refractivity contribution >= 4 is 8.07 Å². The molecule has 132 valence electrons. The molecule has 1 saturated heterocycles. The Hall–Kier alpha value is 0.471. The van der Waals surface area contributed by atoms with Gasteiger partial charge in [0.05, 0.1) is 0 Å². The first-order valence-electron chi connectivity index (χ1n) is 8.76. The minimum absolute atomic E-state index is 0. The van der Waals surface area contributed by atoms with Gasteiger partial charge < -0.3 is 24.8 Å². The van der Waals surface area contributed by atoms with Crippen LogP contribution in [0.3, 0.4) is 0 Å². The molecule has 0 nitrogen and oxygen atoms in total. The van der Waals surface area contributed by atoms with Gasteiger partial charge in [0, 0.05) is 0 Å². The van der Waals surface area contributed by atoms with Gasteiger partial charge in [0.2, 0.25) is 0 Å². The van der Waals surface area contributed by atoms with Crippen molar-refractivity contribution in [1.82, 2.24) is 0 Å². The summed E-state index contributed by atoms with van der Waals surface area (Å²) < 4.78 is 3.67. The standard InChI is InChI=1S/C10H15Si.C10H15.2ClH.Ti/c1-9-4-5-10(8-9)11(2)6-3-7-11;1-7-6-10(4,5)9(3)8(7)2;;;/h5H,3-4,6-7H2,1-2H3;1-5H3;2*1H;/q;;;;+2/p-2. The van der Waals surface area contributed by atoms with Crippen LogP contribution in [0.25, 0.3) is 0 Å². The van der Waals surface area contributed by atoms with Gasteiger partial charge in [0.15, 0.2) is 0 Å². The molecule has 0 N–H and O–H groups in total. The van der Waals surface area contributed by atoms with E-state index in [0.29, 0.717) is 5.41 Å². The molecule has 1 aliphatic heterocycles. The molecule has 1 heterocycles. The van der Waals surface area contributed by atoms with Gasteiger partial charge in [-0.3, -0.25) is 0 Å². The Bertz CT molecular complexity index is 661. The van der Waals surface area contributed by atoms with Crippen LogP contribution in [0.15, 0.2) is 41.3 Å². The van der Waals surface area contributed by atoms with E-state index in [-0.39, 0.29) is 44.0 Å². The molecule has 0 saturated carbocycles. The summed E-state index contributed by atoms with van der Waals surface area (Å²) in [6.45, 7) is 17.0. The average molecular weight is 417 g/mol. The SMILES string of the molecule is CC1=[C]([Ti+2][C]2=C(C)C(C)=C(C)C2(C)C)C([Si]2(C)CCC2)=CC1.[Cl-].[Cl-]. The Morgan fingerprint density at radius 3 is 2.00 bits per heavy atom. The zero-order valence-electron chi connectivity index (χ0n) is 16.2. The number of hydrogen-bond acceptors (Lipinski definition) is 0. The predicted octanol–water partition coefficient (Wildman–Crippen LogP) is 0.353. The molecule has 0 aromatic carbocycles. The number of rotatable bonds is 3. The molecule has 1 fully saturated rings. The van der Waals surface area contributed by atoms with E-state index in [2.05, 4.69) is 54.2 Å². The van der Waals surface area contributed by atoms with E-state index in [1.165, 1.54) is 12.8 Å². The molecule has 0 radical (unpaired) electrons. The molecule has 3 rings (SSSR count). The molecule has 4 heteroatoms. The molecule has 0 aromatic rings. The van der Waals surface area contributed by atoms with Gasteiger partial charge in [-0.1, -0.05) is 0 Å². The molecular weight excluding hydrogens is 387 g/mol. The van der Waals surface area contributed by atoms with E-state index in [0.717, 1.165) is 0 Å². The fraction of sp³-hybridized carbons (Fsp3) is 0.600. The van der Waals surface area contributed by atoms with Crippen LogP contribution in [0.4, 0.5) is 0 Å². The Morgan fingerprint density at radius 1 is 1.00 bits per heavy atom. The summed E-state index contributed by atoms with van der Waals surface area (Å²) >= 11 is -0.165. The third kappa shape index (κ3) is 3.37. The fourth-order valence-electron chi connectivity index (χ4n) is 4.36. The van der Waals surface area contributed by atoms with E-state index in [9.17, 15) is 0 Å². The van der Waals surface area contributed by atoms with Gasteiger partial charge in [-0.25, -0.2) is 0 Å². The minimum atomic E-state index is -1.04. The fourth-order valence-corrected chi connectivity index (χ4v) is 12.0. The maximum Gasteiger partial charge on any atom is -1.00 e. The van der Waals surface area contributed by atoms with E-state index < -0.39 is 8.07 Å². The summed E-state index contributed by atoms with van der Waals surface area (Å²) in [7, 11) is -1.04. The molecule has 24 heavy (non-hydrogen) atoms. The summed E-state index contributed by atoms with van der Waals surface area (Å²) in [6.07, 6.45) is 5.36. The third-order valence-corrected chi connectivity index (χ3v) is 15.2. The van der Waals surface area contributed by atoms with Gasteiger partial charge in [-0.15, -0.1) is 0 Å². The van der Waals surface area contributed by atoms with Crippen molar-refractivity contribution in [3.05, 3.63) is 41.3 Å². The van der Waals surface area contributed by atoms with Crippen molar-refractivity contribution in [2.24, 2.45) is 5.41 Å². The average Bonchev–Trinajstić information content (AvgIpc) is 2.86. The van der Waals surface area contributed by atoms with Gasteiger partial charge in [0.25, 0.3) is 0 Å². The summed E-state index contributed by atoms with van der Waals surface area (Å²) in [4.78, 5) is 0. The smallest absolute Gasteiger partial charge is 1.00 e. The quantitative estimate of drug-likeness (QED) is 0.582. The van der Waals surface area contributed by atoms with E-state index in [1.807, 2.05) is 13.0 Å². The summed E-state index contributed by atoms with van der Waals surface area (Å²) in [5.41, 5.74) is 6.80. The van der Waals surface area contributed by atoms with Gasteiger partial charge in [-0.05, 0) is 0 Å². The molecule has 0 atom stereocenters. The van der Waals surface area contributed by atoms with Gasteiger partial charge >= 0.3 is 147 Å². The monoisotopic (exact) mass is 416 g/mol. The van der Waals surface area contributed by atoms with Crippen molar-refractivity contribution in [2.45, 2.75) is 73.0 Å². The van der Waals surface area contributed by atoms with Crippen molar-refractivity contribution in [1.29, 1.82) is 0 Å². The van der Waals surface area contributed by atoms with Gasteiger partial charge in [0.1, 0.15) is 0 Å². The van der Waals surface area contributed by atoms with Crippen LogP contribution in [-0.4, -0.2) is 8.07 Å². The Balaban J connectivity index is 0.00000144. The molecule has 2 aliphatic carbocycles.